The van der Waals surface area contributed by atoms with E-state index in [0.29, 0.717) is 19.4 Å². The summed E-state index contributed by atoms with van der Waals surface area (Å²) in [5, 5.41) is 8.52. The first-order valence-corrected chi connectivity index (χ1v) is 8.76. The molecule has 0 aromatic rings. The predicted molar refractivity (Wildman–Crippen MR) is 67.5 cm³/mol. The van der Waals surface area contributed by atoms with E-state index < -0.39 is 14.5 Å². The second-order valence-corrected chi connectivity index (χ2v) is 10.5. The molecule has 94 valence electrons. The zero-order valence-corrected chi connectivity index (χ0v) is 12.1. The molecule has 0 saturated carbocycles. The zero-order valence-electron chi connectivity index (χ0n) is 11.1. The first-order chi connectivity index (χ1) is 7.20. The molecule has 2 nitrogen and oxygen atoms in total. The van der Waals surface area contributed by atoms with Gasteiger partial charge in [-0.15, -0.1) is 0 Å². The summed E-state index contributed by atoms with van der Waals surface area (Å²) in [7, 11) is -1.68. The highest BCUT2D eigenvalue weighted by Crippen LogP contribution is 2.36. The fourth-order valence-electron chi connectivity index (χ4n) is 1.05. The summed E-state index contributed by atoms with van der Waals surface area (Å²) < 4.78 is 18.9. The minimum Gasteiger partial charge on any atom is -0.417 e. The van der Waals surface area contributed by atoms with E-state index in [4.69, 9.17) is 9.69 Å². The van der Waals surface area contributed by atoms with Crippen LogP contribution in [0.25, 0.3) is 0 Å². The van der Waals surface area contributed by atoms with E-state index in [1.807, 2.05) is 6.07 Å². The van der Waals surface area contributed by atoms with Gasteiger partial charge < -0.3 is 4.43 Å². The van der Waals surface area contributed by atoms with Gasteiger partial charge in [0, 0.05) is 6.61 Å². The molecule has 0 radical (unpaired) electrons. The van der Waals surface area contributed by atoms with E-state index in [1.54, 1.807) is 0 Å². The van der Waals surface area contributed by atoms with Gasteiger partial charge in [0.25, 0.3) is 0 Å². The highest BCUT2D eigenvalue weighted by atomic mass is 28.4. The molecule has 0 amide bonds. The molecule has 0 unspecified atom stereocenters. The molecule has 1 atom stereocenters. The van der Waals surface area contributed by atoms with Gasteiger partial charge >= 0.3 is 0 Å². The highest BCUT2D eigenvalue weighted by Gasteiger charge is 2.36. The van der Waals surface area contributed by atoms with Gasteiger partial charge in [-0.05, 0) is 31.0 Å². The summed E-state index contributed by atoms with van der Waals surface area (Å²) in [6.45, 7) is 11.6. The number of nitriles is 1. The largest absolute Gasteiger partial charge is 0.417 e. The SMILES string of the molecule is CC(C)(C)[Si](C)(C)OCCC[C@@H](F)CC#N. The van der Waals surface area contributed by atoms with Crippen LogP contribution in [0.3, 0.4) is 0 Å². The minimum atomic E-state index is -1.68. The first-order valence-electron chi connectivity index (χ1n) is 5.85. The van der Waals surface area contributed by atoms with E-state index in [2.05, 4.69) is 33.9 Å². The molecule has 0 heterocycles. The number of halogens is 1. The van der Waals surface area contributed by atoms with E-state index in [9.17, 15) is 4.39 Å². The van der Waals surface area contributed by atoms with E-state index in [0.717, 1.165) is 0 Å². The van der Waals surface area contributed by atoms with Crippen LogP contribution < -0.4 is 0 Å². The molecule has 0 aliphatic carbocycles. The third kappa shape index (κ3) is 5.62. The number of alkyl halides is 1. The first kappa shape index (κ1) is 15.6. The van der Waals surface area contributed by atoms with Crippen LogP contribution >= 0.6 is 0 Å². The molecule has 0 fully saturated rings. The molecule has 0 spiro atoms. The number of hydrogen-bond acceptors (Lipinski definition) is 2. The van der Waals surface area contributed by atoms with Crippen molar-refractivity contribution in [2.45, 2.75) is 64.3 Å². The molecule has 0 aliphatic rings. The maximum Gasteiger partial charge on any atom is 0.191 e. The maximum absolute atomic E-state index is 13.0. The summed E-state index contributed by atoms with van der Waals surface area (Å²) in [6, 6.07) is 1.84. The maximum atomic E-state index is 13.0. The molecule has 16 heavy (non-hydrogen) atoms. The predicted octanol–water partition coefficient (Wildman–Crippen LogP) is 4.04. The van der Waals surface area contributed by atoms with E-state index in [-0.39, 0.29) is 11.5 Å². The van der Waals surface area contributed by atoms with Crippen molar-refractivity contribution in [2.24, 2.45) is 0 Å². The molecule has 4 heteroatoms. The molecular formula is C12H24FNOSi. The smallest absolute Gasteiger partial charge is 0.191 e. The normalized spacial score (nSPS) is 14.6. The molecule has 0 saturated heterocycles. The van der Waals surface area contributed by atoms with Crippen molar-refractivity contribution in [1.29, 1.82) is 5.26 Å². The Hall–Kier alpha value is -0.403. The molecule has 0 aliphatic heterocycles. The lowest BCUT2D eigenvalue weighted by atomic mass is 10.2. The van der Waals surface area contributed by atoms with Crippen molar-refractivity contribution >= 4 is 8.32 Å². The Kier molecular flexibility index (Phi) is 6.20. The van der Waals surface area contributed by atoms with Gasteiger partial charge in [-0.2, -0.15) is 5.26 Å². The minimum absolute atomic E-state index is 0.0000915. The van der Waals surface area contributed by atoms with Gasteiger partial charge in [0.05, 0.1) is 12.5 Å². The fraction of sp³-hybridized carbons (Fsp3) is 0.917. The molecule has 0 aromatic heterocycles. The van der Waals surface area contributed by atoms with Crippen LogP contribution in [0.2, 0.25) is 18.1 Å². The fourth-order valence-corrected chi connectivity index (χ4v) is 2.14. The Balaban J connectivity index is 3.79. The van der Waals surface area contributed by atoms with Crippen LogP contribution in [0, 0.1) is 11.3 Å². The van der Waals surface area contributed by atoms with Crippen molar-refractivity contribution in [2.75, 3.05) is 6.61 Å². The molecular weight excluding hydrogens is 221 g/mol. The van der Waals surface area contributed by atoms with Crippen LogP contribution in [0.4, 0.5) is 4.39 Å². The quantitative estimate of drug-likeness (QED) is 0.522. The second-order valence-electron chi connectivity index (χ2n) is 5.71. The molecule has 0 bridgehead atoms. The number of rotatable bonds is 6. The van der Waals surface area contributed by atoms with Gasteiger partial charge in [0.15, 0.2) is 8.32 Å². The van der Waals surface area contributed by atoms with Gasteiger partial charge in [-0.3, -0.25) is 0 Å². The van der Waals surface area contributed by atoms with Crippen molar-refractivity contribution < 1.29 is 8.82 Å². The van der Waals surface area contributed by atoms with Crippen LogP contribution in [-0.2, 0) is 4.43 Å². The molecule has 0 rings (SSSR count). The van der Waals surface area contributed by atoms with E-state index in [1.165, 1.54) is 0 Å². The standard InChI is InChI=1S/C12H24FNOSi/c1-12(2,3)16(4,5)15-10-6-7-11(13)8-9-14/h11H,6-8,10H2,1-5H3/t11-/m1/s1. The Morgan fingerprint density at radius 1 is 1.38 bits per heavy atom. The number of hydrogen-bond donors (Lipinski definition) is 0. The van der Waals surface area contributed by atoms with Crippen molar-refractivity contribution in [3.63, 3.8) is 0 Å². The summed E-state index contributed by atoms with van der Waals surface area (Å²) >= 11 is 0. The lowest BCUT2D eigenvalue weighted by Crippen LogP contribution is -2.41. The average molecular weight is 245 g/mol. The van der Waals surface area contributed by atoms with Gasteiger partial charge in [-0.1, -0.05) is 20.8 Å². The topological polar surface area (TPSA) is 33.0 Å². The van der Waals surface area contributed by atoms with Crippen LogP contribution in [-0.4, -0.2) is 21.1 Å². The summed E-state index contributed by atoms with van der Waals surface area (Å²) in [4.78, 5) is 0. The van der Waals surface area contributed by atoms with Crippen molar-refractivity contribution in [1.82, 2.24) is 0 Å². The zero-order chi connectivity index (χ0) is 12.8. The Morgan fingerprint density at radius 2 is 1.94 bits per heavy atom. The summed E-state index contributed by atoms with van der Waals surface area (Å²) in [5.41, 5.74) is 0. The Bertz CT molecular complexity index is 242. The summed E-state index contributed by atoms with van der Waals surface area (Å²) in [5.74, 6) is 0. The monoisotopic (exact) mass is 245 g/mol. The molecule has 0 N–H and O–H groups in total. The van der Waals surface area contributed by atoms with Crippen LogP contribution in [0.5, 0.6) is 0 Å². The third-order valence-electron chi connectivity index (χ3n) is 3.24. The Labute approximate surface area is 99.9 Å². The molecule has 0 aromatic carbocycles. The highest BCUT2D eigenvalue weighted by molar-refractivity contribution is 6.74. The van der Waals surface area contributed by atoms with Crippen molar-refractivity contribution in [3.05, 3.63) is 0 Å². The second kappa shape index (κ2) is 6.36. The Morgan fingerprint density at radius 3 is 2.38 bits per heavy atom. The van der Waals surface area contributed by atoms with Crippen LogP contribution in [0.1, 0.15) is 40.0 Å². The summed E-state index contributed by atoms with van der Waals surface area (Å²) in [6.07, 6.45) is 0.144. The van der Waals surface area contributed by atoms with Gasteiger partial charge in [0.1, 0.15) is 6.17 Å². The average Bonchev–Trinajstić information content (AvgIpc) is 2.11. The van der Waals surface area contributed by atoms with E-state index >= 15 is 0 Å². The van der Waals surface area contributed by atoms with Crippen LogP contribution in [0.15, 0.2) is 0 Å². The third-order valence-corrected chi connectivity index (χ3v) is 7.78. The number of nitrogens with zero attached hydrogens (tertiary/aromatic N) is 1. The lowest BCUT2D eigenvalue weighted by Gasteiger charge is -2.36. The van der Waals surface area contributed by atoms with Crippen molar-refractivity contribution in [3.8, 4) is 6.07 Å². The lowest BCUT2D eigenvalue weighted by molar-refractivity contribution is 0.246. The van der Waals surface area contributed by atoms with Gasteiger partial charge in [0.2, 0.25) is 0 Å². The van der Waals surface area contributed by atoms with Gasteiger partial charge in [-0.25, -0.2) is 4.39 Å².